The van der Waals surface area contributed by atoms with E-state index in [1.54, 1.807) is 0 Å². The zero-order valence-corrected chi connectivity index (χ0v) is 18.6. The Hall–Kier alpha value is -2.34. The van der Waals surface area contributed by atoms with E-state index in [1.165, 1.54) is 0 Å². The Morgan fingerprint density at radius 2 is 1.83 bits per heavy atom. The number of sulfonamides is 1. The van der Waals surface area contributed by atoms with E-state index in [9.17, 15) is 13.2 Å². The summed E-state index contributed by atoms with van der Waals surface area (Å²) >= 11 is 0. The van der Waals surface area contributed by atoms with Gasteiger partial charge in [0, 0.05) is 40.5 Å². The molecule has 2 unspecified atom stereocenters. The summed E-state index contributed by atoms with van der Waals surface area (Å²) in [5.74, 6) is 0.296. The van der Waals surface area contributed by atoms with Crippen molar-refractivity contribution in [2.75, 3.05) is 10.5 Å². The van der Waals surface area contributed by atoms with Gasteiger partial charge in [-0.25, -0.2) is 8.42 Å². The van der Waals surface area contributed by atoms with Crippen molar-refractivity contribution < 1.29 is 13.2 Å². The molecular formula is C24H28N2O3S. The third-order valence-corrected chi connectivity index (χ3v) is 9.36. The molecule has 1 aromatic heterocycles. The fraction of sp³-hybridized carbons (Fsp3) is 0.458. The number of carbonyl (C=O) groups excluding carboxylic acids is 1. The van der Waals surface area contributed by atoms with Crippen molar-refractivity contribution in [1.29, 1.82) is 0 Å². The van der Waals surface area contributed by atoms with Gasteiger partial charge >= 0.3 is 0 Å². The average molecular weight is 425 g/mol. The van der Waals surface area contributed by atoms with Gasteiger partial charge in [0.15, 0.2) is 0 Å². The molecule has 2 atom stereocenters. The van der Waals surface area contributed by atoms with E-state index in [-0.39, 0.29) is 17.0 Å². The second-order valence-electron chi connectivity index (χ2n) is 9.52. The predicted octanol–water partition coefficient (Wildman–Crippen LogP) is 4.95. The van der Waals surface area contributed by atoms with Crippen molar-refractivity contribution in [3.05, 3.63) is 42.5 Å². The summed E-state index contributed by atoms with van der Waals surface area (Å²) in [6.07, 6.45) is 2.13. The van der Waals surface area contributed by atoms with Gasteiger partial charge in [0.25, 0.3) is 0 Å². The molecule has 5 nitrogen and oxygen atoms in total. The monoisotopic (exact) mass is 424 g/mol. The molecule has 0 amide bonds. The van der Waals surface area contributed by atoms with E-state index in [1.807, 2.05) is 30.3 Å². The highest BCUT2D eigenvalue weighted by Gasteiger charge is 2.65. The number of Topliss-reactive ketones (excluding diaryl/α,β-unsaturated/α-hetero) is 1. The van der Waals surface area contributed by atoms with Crippen LogP contribution < -0.4 is 4.72 Å². The van der Waals surface area contributed by atoms with Gasteiger partial charge < -0.3 is 4.57 Å². The lowest BCUT2D eigenvalue weighted by Crippen LogP contribution is -2.43. The summed E-state index contributed by atoms with van der Waals surface area (Å²) < 4.78 is 31.3. The quantitative estimate of drug-likeness (QED) is 0.630. The van der Waals surface area contributed by atoms with Crippen LogP contribution in [0.1, 0.15) is 40.0 Å². The van der Waals surface area contributed by atoms with Crippen LogP contribution in [0.2, 0.25) is 0 Å². The molecule has 30 heavy (non-hydrogen) atoms. The third-order valence-electron chi connectivity index (χ3n) is 7.94. The number of para-hydroxylation sites is 1. The molecular weight excluding hydrogens is 396 g/mol. The number of aryl methyl sites for hydroxylation is 1. The van der Waals surface area contributed by atoms with E-state index in [0.717, 1.165) is 34.8 Å². The first-order valence-corrected chi connectivity index (χ1v) is 12.4. The van der Waals surface area contributed by atoms with Gasteiger partial charge in [-0.1, -0.05) is 32.0 Å². The van der Waals surface area contributed by atoms with Crippen LogP contribution in [0.15, 0.2) is 42.5 Å². The van der Waals surface area contributed by atoms with Gasteiger partial charge in [-0.3, -0.25) is 9.52 Å². The summed E-state index contributed by atoms with van der Waals surface area (Å²) in [6, 6.07) is 13.9. The number of hydrogen-bond donors (Lipinski definition) is 1. The topological polar surface area (TPSA) is 68.2 Å². The molecule has 1 N–H and O–H groups in total. The number of hydrogen-bond acceptors (Lipinski definition) is 3. The molecule has 0 radical (unpaired) electrons. The van der Waals surface area contributed by atoms with Crippen molar-refractivity contribution in [2.24, 2.45) is 16.7 Å². The van der Waals surface area contributed by atoms with Crippen molar-refractivity contribution in [3.63, 3.8) is 0 Å². The number of rotatable bonds is 5. The maximum absolute atomic E-state index is 13.2. The molecule has 2 aromatic carbocycles. The van der Waals surface area contributed by atoms with Crippen molar-refractivity contribution in [3.8, 4) is 0 Å². The zero-order chi connectivity index (χ0) is 21.3. The normalized spacial score (nSPS) is 25.4. The van der Waals surface area contributed by atoms with Crippen molar-refractivity contribution in [2.45, 2.75) is 46.6 Å². The van der Waals surface area contributed by atoms with E-state index >= 15 is 0 Å². The minimum absolute atomic E-state index is 0.121. The fourth-order valence-corrected chi connectivity index (χ4v) is 7.99. The highest BCUT2D eigenvalue weighted by atomic mass is 32.2. The molecule has 3 aromatic rings. The Labute approximate surface area is 177 Å². The molecule has 1 heterocycles. The lowest BCUT2D eigenvalue weighted by molar-refractivity contribution is -0.128. The molecule has 5 rings (SSSR count). The van der Waals surface area contributed by atoms with Gasteiger partial charge in [0.2, 0.25) is 10.0 Å². The molecule has 0 aliphatic heterocycles. The average Bonchev–Trinajstić information content (AvgIpc) is 3.20. The number of fused-ring (bicyclic) bond motifs is 5. The second kappa shape index (κ2) is 6.33. The Balaban J connectivity index is 1.51. The molecule has 0 saturated heterocycles. The molecule has 0 spiro atoms. The second-order valence-corrected chi connectivity index (χ2v) is 11.2. The zero-order valence-electron chi connectivity index (χ0n) is 17.7. The highest BCUT2D eigenvalue weighted by Crippen LogP contribution is 2.64. The number of nitrogens with one attached hydrogen (secondary N) is 1. The number of aromatic nitrogens is 1. The van der Waals surface area contributed by atoms with Crippen LogP contribution in [-0.2, 0) is 21.4 Å². The Morgan fingerprint density at radius 1 is 1.10 bits per heavy atom. The van der Waals surface area contributed by atoms with Crippen LogP contribution in [0.4, 0.5) is 5.69 Å². The van der Waals surface area contributed by atoms with E-state index in [4.69, 9.17) is 0 Å². The van der Waals surface area contributed by atoms with Gasteiger partial charge in [-0.05, 0) is 55.4 Å². The van der Waals surface area contributed by atoms with Crippen molar-refractivity contribution >= 4 is 43.3 Å². The van der Waals surface area contributed by atoms with Crippen LogP contribution in [0, 0.1) is 16.7 Å². The summed E-state index contributed by atoms with van der Waals surface area (Å²) in [6.45, 7) is 7.08. The first-order chi connectivity index (χ1) is 14.2. The maximum Gasteiger partial charge on any atom is 0.233 e. The Kier molecular flexibility index (Phi) is 4.14. The Bertz CT molecular complexity index is 1290. The number of benzene rings is 2. The molecule has 6 heteroatoms. The minimum Gasteiger partial charge on any atom is -0.341 e. The largest absolute Gasteiger partial charge is 0.341 e. The van der Waals surface area contributed by atoms with Crippen LogP contribution in [0.5, 0.6) is 0 Å². The van der Waals surface area contributed by atoms with Crippen LogP contribution in [0.3, 0.4) is 0 Å². The minimum atomic E-state index is -3.66. The maximum atomic E-state index is 13.2. The SMILES string of the molecule is CCn1c2ccccc2c2cc(NS(=O)(=O)CC34CCC(CC3=O)C4(C)C)ccc21. The van der Waals surface area contributed by atoms with Crippen LogP contribution in [-0.4, -0.2) is 24.5 Å². The predicted molar refractivity (Wildman–Crippen MR) is 121 cm³/mol. The molecule has 2 aliphatic carbocycles. The van der Waals surface area contributed by atoms with E-state index in [2.05, 4.69) is 42.2 Å². The first kappa shape index (κ1) is 19.6. The highest BCUT2D eigenvalue weighted by molar-refractivity contribution is 7.92. The lowest BCUT2D eigenvalue weighted by atomic mass is 9.70. The Morgan fingerprint density at radius 3 is 2.50 bits per heavy atom. The van der Waals surface area contributed by atoms with Crippen molar-refractivity contribution in [1.82, 2.24) is 4.57 Å². The lowest BCUT2D eigenvalue weighted by Gasteiger charge is -2.36. The number of carbonyl (C=O) groups is 1. The van der Waals surface area contributed by atoms with Gasteiger partial charge in [0.05, 0.1) is 11.2 Å². The fourth-order valence-electron chi connectivity index (χ4n) is 6.11. The van der Waals surface area contributed by atoms with E-state index in [0.29, 0.717) is 24.4 Å². The summed E-state index contributed by atoms with van der Waals surface area (Å²) in [5.41, 5.74) is 1.76. The standard InChI is InChI=1S/C24H28N2O3S/c1-4-26-20-8-6-5-7-18(20)19-14-17(9-10-21(19)26)25-30(28,29)15-24-12-11-16(13-22(24)27)23(24,2)3/h5-10,14,16,25H,4,11-13,15H2,1-3H3. The summed E-state index contributed by atoms with van der Waals surface area (Å²) in [5, 5.41) is 2.14. The van der Waals surface area contributed by atoms with Crippen LogP contribution >= 0.6 is 0 Å². The number of nitrogens with zero attached hydrogens (tertiary/aromatic N) is 1. The molecule has 2 aliphatic rings. The van der Waals surface area contributed by atoms with Gasteiger partial charge in [-0.15, -0.1) is 0 Å². The third kappa shape index (κ3) is 2.59. The smallest absolute Gasteiger partial charge is 0.233 e. The summed E-state index contributed by atoms with van der Waals surface area (Å²) in [7, 11) is -3.66. The van der Waals surface area contributed by atoms with E-state index < -0.39 is 15.4 Å². The summed E-state index contributed by atoms with van der Waals surface area (Å²) in [4.78, 5) is 12.8. The van der Waals surface area contributed by atoms with Gasteiger partial charge in [-0.2, -0.15) is 0 Å². The molecule has 158 valence electrons. The molecule has 2 bridgehead atoms. The number of anilines is 1. The number of ketones is 1. The first-order valence-electron chi connectivity index (χ1n) is 10.7. The molecule has 2 saturated carbocycles. The molecule has 2 fully saturated rings. The van der Waals surface area contributed by atoms with Crippen LogP contribution in [0.25, 0.3) is 21.8 Å². The van der Waals surface area contributed by atoms with Gasteiger partial charge in [0.1, 0.15) is 5.78 Å².